The van der Waals surface area contributed by atoms with E-state index in [0.29, 0.717) is 30.3 Å². The molecule has 1 amide bonds. The highest BCUT2D eigenvalue weighted by Crippen LogP contribution is 2.28. The van der Waals surface area contributed by atoms with Crippen LogP contribution in [-0.2, 0) is 6.18 Å². The Morgan fingerprint density at radius 3 is 2.62 bits per heavy atom. The summed E-state index contributed by atoms with van der Waals surface area (Å²) in [5, 5.41) is 6.71. The van der Waals surface area contributed by atoms with Gasteiger partial charge >= 0.3 is 6.18 Å². The molecule has 5 nitrogen and oxygen atoms in total. The zero-order valence-electron chi connectivity index (χ0n) is 14.5. The Morgan fingerprint density at radius 1 is 1.27 bits per heavy atom. The summed E-state index contributed by atoms with van der Waals surface area (Å²) in [7, 11) is 1.92. The van der Waals surface area contributed by atoms with Crippen LogP contribution in [0.4, 0.5) is 13.2 Å². The van der Waals surface area contributed by atoms with Crippen molar-refractivity contribution in [2.24, 2.45) is 5.92 Å². The van der Waals surface area contributed by atoms with Crippen LogP contribution < -0.4 is 5.32 Å². The van der Waals surface area contributed by atoms with Gasteiger partial charge in [-0.25, -0.2) is 4.68 Å². The molecule has 0 aliphatic carbocycles. The van der Waals surface area contributed by atoms with Crippen LogP contribution in [-0.4, -0.2) is 47.3 Å². The summed E-state index contributed by atoms with van der Waals surface area (Å²) >= 11 is 0. The number of likely N-dealkylation sites (tertiary alicyclic amines) is 1. The lowest BCUT2D eigenvalue weighted by atomic mass is 9.96. The quantitative estimate of drug-likeness (QED) is 0.905. The number of nitrogens with one attached hydrogen (secondary N) is 1. The summed E-state index contributed by atoms with van der Waals surface area (Å²) in [6.07, 6.45) is -1.35. The zero-order valence-corrected chi connectivity index (χ0v) is 14.5. The number of nitrogens with zero attached hydrogens (tertiary/aromatic N) is 3. The van der Waals surface area contributed by atoms with Crippen molar-refractivity contribution in [3.05, 3.63) is 47.8 Å². The maximum Gasteiger partial charge on any atom is 0.435 e. The van der Waals surface area contributed by atoms with E-state index >= 15 is 0 Å². The van der Waals surface area contributed by atoms with Crippen molar-refractivity contribution in [2.45, 2.75) is 19.0 Å². The molecule has 1 saturated heterocycles. The minimum absolute atomic E-state index is 0.0991. The third-order valence-corrected chi connectivity index (χ3v) is 4.63. The van der Waals surface area contributed by atoms with Gasteiger partial charge in [-0.3, -0.25) is 4.79 Å². The second-order valence-electron chi connectivity index (χ2n) is 6.49. The molecule has 0 saturated carbocycles. The molecule has 1 fully saturated rings. The lowest BCUT2D eigenvalue weighted by Gasteiger charge is -2.32. The number of piperidine rings is 1. The van der Waals surface area contributed by atoms with Gasteiger partial charge in [0, 0.05) is 24.8 Å². The number of benzene rings is 1. The van der Waals surface area contributed by atoms with E-state index in [1.54, 1.807) is 29.2 Å². The molecule has 26 heavy (non-hydrogen) atoms. The van der Waals surface area contributed by atoms with Crippen LogP contribution in [0.5, 0.6) is 0 Å². The summed E-state index contributed by atoms with van der Waals surface area (Å²) in [6, 6.07) is 7.46. The van der Waals surface area contributed by atoms with Crippen LogP contribution in [0.25, 0.3) is 5.69 Å². The van der Waals surface area contributed by atoms with Gasteiger partial charge in [-0.15, -0.1) is 0 Å². The predicted octanol–water partition coefficient (Wildman–Crippen LogP) is 2.96. The van der Waals surface area contributed by atoms with Crippen molar-refractivity contribution in [2.75, 3.05) is 26.7 Å². The molecule has 1 N–H and O–H groups in total. The topological polar surface area (TPSA) is 50.2 Å². The fourth-order valence-corrected chi connectivity index (χ4v) is 3.21. The third kappa shape index (κ3) is 4.07. The summed E-state index contributed by atoms with van der Waals surface area (Å²) in [6.45, 7) is 2.32. The molecule has 2 aromatic rings. The molecule has 1 aliphatic heterocycles. The number of aromatic nitrogens is 2. The molecule has 0 bridgehead atoms. The Labute approximate surface area is 149 Å². The van der Waals surface area contributed by atoms with E-state index in [9.17, 15) is 18.0 Å². The summed E-state index contributed by atoms with van der Waals surface area (Å²) < 4.78 is 39.3. The molecule has 0 atom stereocenters. The summed E-state index contributed by atoms with van der Waals surface area (Å²) in [5.41, 5.74) is -0.0733. The fraction of sp³-hybridized carbons (Fsp3) is 0.444. The Balaban J connectivity index is 1.73. The van der Waals surface area contributed by atoms with Crippen LogP contribution >= 0.6 is 0 Å². The van der Waals surface area contributed by atoms with Crippen molar-refractivity contribution >= 4 is 5.91 Å². The number of rotatable bonds is 4. The van der Waals surface area contributed by atoms with Gasteiger partial charge in [-0.2, -0.15) is 18.3 Å². The molecule has 2 heterocycles. The molecule has 0 radical (unpaired) electrons. The highest BCUT2D eigenvalue weighted by molar-refractivity contribution is 5.94. The van der Waals surface area contributed by atoms with E-state index in [2.05, 4.69) is 10.4 Å². The second-order valence-corrected chi connectivity index (χ2v) is 6.49. The standard InChI is InChI=1S/C18H21F3N4O/c1-22-12-13-5-8-24(9-6-13)17(26)14-3-2-4-15(11-14)25-10-7-16(23-25)18(19,20)21/h2-4,7,10-11,13,22H,5-6,8-9,12H2,1H3. The number of hydrogen-bond donors (Lipinski definition) is 1. The summed E-state index contributed by atoms with van der Waals surface area (Å²) in [4.78, 5) is 14.5. The van der Waals surface area contributed by atoms with Crippen LogP contribution in [0.3, 0.4) is 0 Å². The van der Waals surface area contributed by atoms with Gasteiger partial charge in [-0.1, -0.05) is 6.07 Å². The first-order valence-corrected chi connectivity index (χ1v) is 8.55. The Hall–Kier alpha value is -2.35. The molecular weight excluding hydrogens is 345 g/mol. The van der Waals surface area contributed by atoms with Gasteiger partial charge in [-0.05, 0) is 56.6 Å². The van der Waals surface area contributed by atoms with Crippen LogP contribution in [0, 0.1) is 5.92 Å². The highest BCUT2D eigenvalue weighted by Gasteiger charge is 2.33. The average Bonchev–Trinajstić information content (AvgIpc) is 3.13. The SMILES string of the molecule is CNCC1CCN(C(=O)c2cccc(-n3ccc(C(F)(F)F)n3)c2)CC1. The molecule has 140 valence electrons. The van der Waals surface area contributed by atoms with E-state index < -0.39 is 11.9 Å². The van der Waals surface area contributed by atoms with Gasteiger partial charge in [0.2, 0.25) is 0 Å². The normalized spacial score (nSPS) is 16.1. The number of alkyl halides is 3. The minimum Gasteiger partial charge on any atom is -0.339 e. The number of carbonyl (C=O) groups is 1. The maximum absolute atomic E-state index is 12.7. The minimum atomic E-state index is -4.49. The van der Waals surface area contributed by atoms with E-state index in [1.165, 1.54) is 6.20 Å². The van der Waals surface area contributed by atoms with E-state index in [4.69, 9.17) is 0 Å². The van der Waals surface area contributed by atoms with E-state index in [-0.39, 0.29) is 5.91 Å². The number of halogens is 3. The maximum atomic E-state index is 12.7. The smallest absolute Gasteiger partial charge is 0.339 e. The van der Waals surface area contributed by atoms with Gasteiger partial charge in [0.05, 0.1) is 5.69 Å². The molecule has 1 aliphatic rings. The molecule has 0 unspecified atom stereocenters. The lowest BCUT2D eigenvalue weighted by molar-refractivity contribution is -0.141. The van der Waals surface area contributed by atoms with Crippen molar-refractivity contribution < 1.29 is 18.0 Å². The number of amides is 1. The fourth-order valence-electron chi connectivity index (χ4n) is 3.21. The van der Waals surface area contributed by atoms with Crippen molar-refractivity contribution in [1.29, 1.82) is 0 Å². The summed E-state index contributed by atoms with van der Waals surface area (Å²) in [5.74, 6) is 0.471. The van der Waals surface area contributed by atoms with Crippen LogP contribution in [0.15, 0.2) is 36.5 Å². The molecule has 3 rings (SSSR count). The molecular formula is C18H21F3N4O. The Bertz CT molecular complexity index is 764. The van der Waals surface area contributed by atoms with E-state index in [0.717, 1.165) is 30.1 Å². The number of hydrogen-bond acceptors (Lipinski definition) is 3. The Kier molecular flexibility index (Phi) is 5.31. The van der Waals surface area contributed by atoms with Gasteiger partial charge in [0.15, 0.2) is 5.69 Å². The highest BCUT2D eigenvalue weighted by atomic mass is 19.4. The molecule has 1 aromatic heterocycles. The monoisotopic (exact) mass is 366 g/mol. The molecule has 1 aromatic carbocycles. The molecule has 8 heteroatoms. The van der Waals surface area contributed by atoms with Crippen LogP contribution in [0.1, 0.15) is 28.9 Å². The van der Waals surface area contributed by atoms with Gasteiger partial charge < -0.3 is 10.2 Å². The van der Waals surface area contributed by atoms with Crippen molar-refractivity contribution in [3.63, 3.8) is 0 Å². The van der Waals surface area contributed by atoms with Gasteiger partial charge in [0.25, 0.3) is 5.91 Å². The second kappa shape index (κ2) is 7.49. The first-order chi connectivity index (χ1) is 12.4. The van der Waals surface area contributed by atoms with E-state index in [1.807, 2.05) is 7.05 Å². The zero-order chi connectivity index (χ0) is 18.7. The van der Waals surface area contributed by atoms with Gasteiger partial charge in [0.1, 0.15) is 0 Å². The third-order valence-electron chi connectivity index (χ3n) is 4.63. The largest absolute Gasteiger partial charge is 0.435 e. The first kappa shape index (κ1) is 18.4. The first-order valence-electron chi connectivity index (χ1n) is 8.55. The average molecular weight is 366 g/mol. The Morgan fingerprint density at radius 2 is 2.00 bits per heavy atom. The lowest BCUT2D eigenvalue weighted by Crippen LogP contribution is -2.40. The predicted molar refractivity (Wildman–Crippen MR) is 91.1 cm³/mol. The van der Waals surface area contributed by atoms with Crippen molar-refractivity contribution in [1.82, 2.24) is 20.0 Å². The van der Waals surface area contributed by atoms with Crippen molar-refractivity contribution in [3.8, 4) is 5.69 Å². The molecule has 0 spiro atoms. The number of carbonyl (C=O) groups excluding carboxylic acids is 1. The van der Waals surface area contributed by atoms with Crippen LogP contribution in [0.2, 0.25) is 0 Å².